The van der Waals surface area contributed by atoms with E-state index in [-0.39, 0.29) is 17.9 Å². The van der Waals surface area contributed by atoms with E-state index in [9.17, 15) is 9.90 Å². The Labute approximate surface area is 101 Å². The Morgan fingerprint density at radius 2 is 2.00 bits per heavy atom. The lowest BCUT2D eigenvalue weighted by Gasteiger charge is -2.36. The minimum atomic E-state index is -0.288. The third kappa shape index (κ3) is 1.26. The second-order valence-corrected chi connectivity index (χ2v) is 6.02. The second-order valence-electron chi connectivity index (χ2n) is 5.45. The number of aliphatic hydroxyl groups excluding tert-OH is 1. The van der Waals surface area contributed by atoms with E-state index in [1.165, 1.54) is 5.57 Å². The van der Waals surface area contributed by atoms with Gasteiger partial charge in [0.1, 0.15) is 5.78 Å². The van der Waals surface area contributed by atoms with Crippen molar-refractivity contribution in [2.75, 3.05) is 0 Å². The highest BCUT2D eigenvalue weighted by atomic mass is 35.5. The first-order valence-corrected chi connectivity index (χ1v) is 6.56. The number of hydrogen-bond donors (Lipinski definition) is 1. The summed E-state index contributed by atoms with van der Waals surface area (Å²) < 4.78 is 0. The third-order valence-electron chi connectivity index (χ3n) is 4.80. The molecular weight excluding hydrogens is 224 g/mol. The van der Waals surface area contributed by atoms with Crippen molar-refractivity contribution in [2.24, 2.45) is 23.7 Å². The van der Waals surface area contributed by atoms with Crippen LogP contribution in [0.1, 0.15) is 32.6 Å². The molecule has 2 bridgehead atoms. The van der Waals surface area contributed by atoms with E-state index >= 15 is 0 Å². The quantitative estimate of drug-likeness (QED) is 0.707. The van der Waals surface area contributed by atoms with Crippen LogP contribution in [0.5, 0.6) is 0 Å². The highest BCUT2D eigenvalue weighted by molar-refractivity contribution is 6.29. The van der Waals surface area contributed by atoms with Crippen LogP contribution in [0.15, 0.2) is 10.6 Å². The predicted octanol–water partition coefficient (Wildman–Crippen LogP) is 2.50. The summed E-state index contributed by atoms with van der Waals surface area (Å²) in [4.78, 5) is 12.0. The molecule has 0 radical (unpaired) electrons. The average Bonchev–Trinajstić information content (AvgIpc) is 2.79. The van der Waals surface area contributed by atoms with Crippen LogP contribution in [0.4, 0.5) is 0 Å². The number of ketones is 1. The molecular formula is C13H17ClO2. The number of carbonyl (C=O) groups is 1. The fraction of sp³-hybridized carbons (Fsp3) is 0.769. The van der Waals surface area contributed by atoms with Gasteiger partial charge in [-0.1, -0.05) is 11.6 Å². The largest absolute Gasteiger partial charge is 0.393 e. The number of Topliss-reactive ketones (excluding diaryl/α,β-unsaturated/α-hetero) is 1. The number of allylic oxidation sites excluding steroid dienone is 2. The molecule has 3 fully saturated rings. The fourth-order valence-electron chi connectivity index (χ4n) is 4.34. The molecule has 0 aromatic rings. The fourth-order valence-corrected chi connectivity index (χ4v) is 4.62. The summed E-state index contributed by atoms with van der Waals surface area (Å²) in [5, 5.41) is 11.0. The maximum atomic E-state index is 12.0. The lowest BCUT2D eigenvalue weighted by Crippen LogP contribution is -2.41. The van der Waals surface area contributed by atoms with Crippen LogP contribution in [-0.4, -0.2) is 17.0 Å². The molecule has 16 heavy (non-hydrogen) atoms. The zero-order chi connectivity index (χ0) is 11.4. The van der Waals surface area contributed by atoms with Crippen LogP contribution in [0.2, 0.25) is 0 Å². The number of hydrogen-bond acceptors (Lipinski definition) is 2. The summed E-state index contributed by atoms with van der Waals surface area (Å²) in [5.74, 6) is 1.33. The van der Waals surface area contributed by atoms with E-state index in [1.54, 1.807) is 0 Å². The van der Waals surface area contributed by atoms with Gasteiger partial charge in [0.25, 0.3) is 0 Å². The summed E-state index contributed by atoms with van der Waals surface area (Å²) in [6, 6.07) is 0. The monoisotopic (exact) mass is 240 g/mol. The standard InChI is InChI=1S/C13H17ClO2/c1-6(14)11-7-2-3-8(11)13-10(16)5-4-9(15)12(7)13/h7-9,12-13,15H,2-5H2,1H3/b11-6+/t7-,8+,9?,12?,13?/m1/s1. The van der Waals surface area contributed by atoms with Crippen molar-refractivity contribution in [3.8, 4) is 0 Å². The smallest absolute Gasteiger partial charge is 0.137 e. The summed E-state index contributed by atoms with van der Waals surface area (Å²) in [6.07, 6.45) is 3.11. The maximum Gasteiger partial charge on any atom is 0.137 e. The van der Waals surface area contributed by atoms with E-state index in [4.69, 9.17) is 11.6 Å². The molecule has 3 unspecified atom stereocenters. The van der Waals surface area contributed by atoms with E-state index in [2.05, 4.69) is 0 Å². The molecule has 1 N–H and O–H groups in total. The van der Waals surface area contributed by atoms with Crippen molar-refractivity contribution in [3.63, 3.8) is 0 Å². The van der Waals surface area contributed by atoms with Gasteiger partial charge in [0, 0.05) is 23.3 Å². The van der Waals surface area contributed by atoms with Crippen molar-refractivity contribution in [1.82, 2.24) is 0 Å². The van der Waals surface area contributed by atoms with Gasteiger partial charge in [-0.05, 0) is 43.6 Å². The van der Waals surface area contributed by atoms with Crippen LogP contribution in [0.25, 0.3) is 0 Å². The van der Waals surface area contributed by atoms with Gasteiger partial charge in [-0.15, -0.1) is 0 Å². The third-order valence-corrected chi connectivity index (χ3v) is 5.02. The number of halogens is 1. The predicted molar refractivity (Wildman–Crippen MR) is 62.0 cm³/mol. The van der Waals surface area contributed by atoms with Gasteiger partial charge < -0.3 is 5.11 Å². The van der Waals surface area contributed by atoms with Crippen molar-refractivity contribution in [2.45, 2.75) is 38.7 Å². The van der Waals surface area contributed by atoms with Gasteiger partial charge in [0.15, 0.2) is 0 Å². The number of fused-ring (bicyclic) bond motifs is 5. The van der Waals surface area contributed by atoms with Gasteiger partial charge >= 0.3 is 0 Å². The molecule has 88 valence electrons. The van der Waals surface area contributed by atoms with Crippen LogP contribution in [-0.2, 0) is 4.79 Å². The molecule has 0 spiro atoms. The zero-order valence-electron chi connectivity index (χ0n) is 9.45. The lowest BCUT2D eigenvalue weighted by molar-refractivity contribution is -0.133. The first-order valence-electron chi connectivity index (χ1n) is 6.18. The molecule has 0 aromatic heterocycles. The Kier molecular flexibility index (Phi) is 2.41. The SMILES string of the molecule is C/C(Cl)=C1/[C@H]2CC[C@@H]1C1C(=O)CCC(O)C12. The normalized spacial score (nSPS) is 49.4. The van der Waals surface area contributed by atoms with Gasteiger partial charge in [-0.3, -0.25) is 4.79 Å². The van der Waals surface area contributed by atoms with Gasteiger partial charge in [0.05, 0.1) is 6.10 Å². The molecule has 5 atom stereocenters. The van der Waals surface area contributed by atoms with Gasteiger partial charge in [-0.25, -0.2) is 0 Å². The van der Waals surface area contributed by atoms with Crippen LogP contribution < -0.4 is 0 Å². The summed E-state index contributed by atoms with van der Waals surface area (Å²) >= 11 is 6.16. The molecule has 0 saturated heterocycles. The maximum absolute atomic E-state index is 12.0. The summed E-state index contributed by atoms with van der Waals surface area (Å²) in [7, 11) is 0. The van der Waals surface area contributed by atoms with Crippen molar-refractivity contribution < 1.29 is 9.90 Å². The summed E-state index contributed by atoms with van der Waals surface area (Å²) in [6.45, 7) is 1.93. The molecule has 3 rings (SSSR count). The Balaban J connectivity index is 2.04. The topological polar surface area (TPSA) is 37.3 Å². The Morgan fingerprint density at radius 1 is 1.31 bits per heavy atom. The molecule has 0 amide bonds. The Hall–Kier alpha value is -0.340. The number of aliphatic hydroxyl groups is 1. The van der Waals surface area contributed by atoms with Crippen molar-refractivity contribution in [1.29, 1.82) is 0 Å². The molecule has 3 aliphatic carbocycles. The van der Waals surface area contributed by atoms with Crippen molar-refractivity contribution >= 4 is 17.4 Å². The minimum absolute atomic E-state index is 0.0752. The van der Waals surface area contributed by atoms with Crippen molar-refractivity contribution in [3.05, 3.63) is 10.6 Å². The second kappa shape index (κ2) is 3.58. The molecule has 3 heteroatoms. The molecule has 3 saturated carbocycles. The van der Waals surface area contributed by atoms with E-state index in [0.717, 1.165) is 17.9 Å². The lowest BCUT2D eigenvalue weighted by atomic mass is 9.69. The Bertz CT molecular complexity index is 370. The molecule has 0 aromatic carbocycles. The van der Waals surface area contributed by atoms with Gasteiger partial charge in [-0.2, -0.15) is 0 Å². The Morgan fingerprint density at radius 3 is 2.62 bits per heavy atom. The van der Waals surface area contributed by atoms with Gasteiger partial charge in [0.2, 0.25) is 0 Å². The van der Waals surface area contributed by atoms with Crippen LogP contribution in [0, 0.1) is 23.7 Å². The highest BCUT2D eigenvalue weighted by Crippen LogP contribution is 2.60. The molecule has 0 aliphatic heterocycles. The van der Waals surface area contributed by atoms with E-state index in [0.29, 0.717) is 30.5 Å². The molecule has 0 heterocycles. The molecule has 2 nitrogen and oxygen atoms in total. The first kappa shape index (κ1) is 10.8. The minimum Gasteiger partial charge on any atom is -0.393 e. The van der Waals surface area contributed by atoms with E-state index in [1.807, 2.05) is 6.92 Å². The van der Waals surface area contributed by atoms with Crippen LogP contribution in [0.3, 0.4) is 0 Å². The first-order chi connectivity index (χ1) is 7.61. The zero-order valence-corrected chi connectivity index (χ0v) is 10.2. The van der Waals surface area contributed by atoms with Crippen LogP contribution >= 0.6 is 11.6 Å². The number of carbonyl (C=O) groups excluding carboxylic acids is 1. The summed E-state index contributed by atoms with van der Waals surface area (Å²) in [5.41, 5.74) is 1.28. The number of rotatable bonds is 0. The highest BCUT2D eigenvalue weighted by Gasteiger charge is 2.57. The molecule has 3 aliphatic rings. The van der Waals surface area contributed by atoms with E-state index < -0.39 is 0 Å². The average molecular weight is 241 g/mol.